The first-order valence-electron chi connectivity index (χ1n) is 6.60. The summed E-state index contributed by atoms with van der Waals surface area (Å²) in [5.74, 6) is 1.41. The zero-order valence-electron chi connectivity index (χ0n) is 11.4. The van der Waals surface area contributed by atoms with Gasteiger partial charge in [0.15, 0.2) is 0 Å². The Morgan fingerprint density at radius 2 is 2.26 bits per heavy atom. The maximum atomic E-state index is 12.4. The van der Waals surface area contributed by atoms with Crippen LogP contribution in [0.1, 0.15) is 42.3 Å². The lowest BCUT2D eigenvalue weighted by Crippen LogP contribution is -2.51. The fourth-order valence-corrected chi connectivity index (χ4v) is 3.98. The van der Waals surface area contributed by atoms with Crippen LogP contribution in [0, 0.1) is 5.92 Å². The highest BCUT2D eigenvalue weighted by molar-refractivity contribution is 9.09. The highest BCUT2D eigenvalue weighted by atomic mass is 79.9. The van der Waals surface area contributed by atoms with Crippen LogP contribution in [0.5, 0.6) is 5.75 Å². The second-order valence-corrected chi connectivity index (χ2v) is 6.85. The van der Waals surface area contributed by atoms with Crippen LogP contribution in [-0.4, -0.2) is 23.9 Å². The molecule has 1 aromatic heterocycles. The topological polar surface area (TPSA) is 38.3 Å². The first kappa shape index (κ1) is 14.9. The molecule has 1 amide bonds. The van der Waals surface area contributed by atoms with Crippen LogP contribution in [0.15, 0.2) is 11.4 Å². The SMILES string of the molecule is COc1ccsc1C(=O)NC1(CBr)CCC(C)CC1. The molecule has 19 heavy (non-hydrogen) atoms. The highest BCUT2D eigenvalue weighted by Crippen LogP contribution is 2.34. The smallest absolute Gasteiger partial charge is 0.265 e. The number of carbonyl (C=O) groups excluding carboxylic acids is 1. The summed E-state index contributed by atoms with van der Waals surface area (Å²) < 4.78 is 5.22. The molecule has 3 nitrogen and oxygen atoms in total. The average Bonchev–Trinajstić information content (AvgIpc) is 2.90. The Labute approximate surface area is 126 Å². The zero-order chi connectivity index (χ0) is 13.9. The molecule has 0 saturated heterocycles. The van der Waals surface area contributed by atoms with Crippen LogP contribution < -0.4 is 10.1 Å². The summed E-state index contributed by atoms with van der Waals surface area (Å²) in [6.07, 6.45) is 4.43. The van der Waals surface area contributed by atoms with Crippen molar-refractivity contribution in [1.29, 1.82) is 0 Å². The molecule has 0 aliphatic heterocycles. The maximum absolute atomic E-state index is 12.4. The minimum Gasteiger partial charge on any atom is -0.495 e. The minimum atomic E-state index is -0.0986. The molecule has 0 aromatic carbocycles. The molecule has 0 bridgehead atoms. The van der Waals surface area contributed by atoms with Crippen LogP contribution in [0.2, 0.25) is 0 Å². The molecule has 1 saturated carbocycles. The Morgan fingerprint density at radius 1 is 1.58 bits per heavy atom. The number of halogens is 1. The highest BCUT2D eigenvalue weighted by Gasteiger charge is 2.35. The Morgan fingerprint density at radius 3 is 2.84 bits per heavy atom. The van der Waals surface area contributed by atoms with Crippen molar-refractivity contribution in [1.82, 2.24) is 5.32 Å². The van der Waals surface area contributed by atoms with Crippen molar-refractivity contribution in [3.63, 3.8) is 0 Å². The maximum Gasteiger partial charge on any atom is 0.265 e. The Bertz CT molecular complexity index is 438. The second kappa shape index (κ2) is 6.27. The first-order valence-corrected chi connectivity index (χ1v) is 8.60. The van der Waals surface area contributed by atoms with Gasteiger partial charge in [-0.25, -0.2) is 0 Å². The van der Waals surface area contributed by atoms with Gasteiger partial charge in [0.25, 0.3) is 5.91 Å². The van der Waals surface area contributed by atoms with E-state index in [9.17, 15) is 4.79 Å². The van der Waals surface area contributed by atoms with Crippen molar-refractivity contribution in [2.75, 3.05) is 12.4 Å². The van der Waals surface area contributed by atoms with E-state index in [0.717, 1.165) is 24.1 Å². The monoisotopic (exact) mass is 345 g/mol. The molecule has 106 valence electrons. The molecule has 1 fully saturated rings. The Hall–Kier alpha value is -0.550. The van der Waals surface area contributed by atoms with Gasteiger partial charge in [0, 0.05) is 5.33 Å². The standard InChI is InChI=1S/C14H20BrNO2S/c1-10-3-6-14(9-15,7-4-10)16-13(17)12-11(18-2)5-8-19-12/h5,8,10H,3-4,6-7,9H2,1-2H3,(H,16,17). The summed E-state index contributed by atoms with van der Waals surface area (Å²) in [5.41, 5.74) is -0.0986. The van der Waals surface area contributed by atoms with Gasteiger partial charge in [-0.15, -0.1) is 11.3 Å². The van der Waals surface area contributed by atoms with E-state index in [1.165, 1.54) is 24.2 Å². The largest absolute Gasteiger partial charge is 0.495 e. The number of hydrogen-bond donors (Lipinski definition) is 1. The van der Waals surface area contributed by atoms with E-state index in [-0.39, 0.29) is 11.4 Å². The molecule has 5 heteroatoms. The van der Waals surface area contributed by atoms with E-state index in [4.69, 9.17) is 4.74 Å². The predicted octanol–water partition coefficient (Wildman–Crippen LogP) is 3.83. The van der Waals surface area contributed by atoms with Gasteiger partial charge in [-0.1, -0.05) is 22.9 Å². The number of methoxy groups -OCH3 is 1. The van der Waals surface area contributed by atoms with Crippen molar-refractivity contribution in [2.24, 2.45) is 5.92 Å². The molecular weight excluding hydrogens is 326 g/mol. The zero-order valence-corrected chi connectivity index (χ0v) is 13.8. The third kappa shape index (κ3) is 3.31. The van der Waals surface area contributed by atoms with E-state index in [1.54, 1.807) is 7.11 Å². The van der Waals surface area contributed by atoms with Gasteiger partial charge < -0.3 is 10.1 Å². The van der Waals surface area contributed by atoms with Gasteiger partial charge in [0.2, 0.25) is 0 Å². The van der Waals surface area contributed by atoms with Crippen molar-refractivity contribution in [3.8, 4) is 5.75 Å². The molecule has 1 aliphatic rings. The summed E-state index contributed by atoms with van der Waals surface area (Å²) in [4.78, 5) is 13.1. The molecule has 1 aliphatic carbocycles. The second-order valence-electron chi connectivity index (χ2n) is 5.37. The van der Waals surface area contributed by atoms with E-state index >= 15 is 0 Å². The molecule has 0 atom stereocenters. The van der Waals surface area contributed by atoms with Crippen LogP contribution in [0.4, 0.5) is 0 Å². The molecule has 1 aromatic rings. The fraction of sp³-hybridized carbons (Fsp3) is 0.643. The van der Waals surface area contributed by atoms with Gasteiger partial charge in [0.1, 0.15) is 10.6 Å². The quantitative estimate of drug-likeness (QED) is 0.842. The third-order valence-corrected chi connectivity index (χ3v) is 5.89. The molecule has 1 heterocycles. The predicted molar refractivity (Wildman–Crippen MR) is 82.5 cm³/mol. The lowest BCUT2D eigenvalue weighted by Gasteiger charge is -2.38. The van der Waals surface area contributed by atoms with Crippen molar-refractivity contribution < 1.29 is 9.53 Å². The minimum absolute atomic E-state index is 0.0131. The summed E-state index contributed by atoms with van der Waals surface area (Å²) >= 11 is 5.00. The number of thiophene rings is 1. The summed E-state index contributed by atoms with van der Waals surface area (Å²) in [7, 11) is 1.60. The van der Waals surface area contributed by atoms with Gasteiger partial charge in [0.05, 0.1) is 12.6 Å². The van der Waals surface area contributed by atoms with E-state index in [1.807, 2.05) is 11.4 Å². The number of hydrogen-bond acceptors (Lipinski definition) is 3. The van der Waals surface area contributed by atoms with E-state index in [2.05, 4.69) is 28.2 Å². The van der Waals surface area contributed by atoms with Crippen LogP contribution in [-0.2, 0) is 0 Å². The van der Waals surface area contributed by atoms with Crippen molar-refractivity contribution >= 4 is 33.2 Å². The van der Waals surface area contributed by atoms with Crippen LogP contribution in [0.3, 0.4) is 0 Å². The Balaban J connectivity index is 2.08. The lowest BCUT2D eigenvalue weighted by atomic mass is 9.78. The summed E-state index contributed by atoms with van der Waals surface area (Å²) in [6, 6.07) is 1.84. The normalized spacial score (nSPS) is 27.0. The number of carbonyl (C=O) groups is 1. The number of rotatable bonds is 4. The van der Waals surface area contributed by atoms with E-state index < -0.39 is 0 Å². The number of nitrogens with one attached hydrogen (secondary N) is 1. The van der Waals surface area contributed by atoms with E-state index in [0.29, 0.717) is 10.6 Å². The molecule has 0 radical (unpaired) electrons. The molecule has 1 N–H and O–H groups in total. The molecule has 2 rings (SSSR count). The average molecular weight is 346 g/mol. The number of amides is 1. The van der Waals surface area contributed by atoms with Crippen molar-refractivity contribution in [2.45, 2.75) is 38.1 Å². The molecule has 0 spiro atoms. The third-order valence-electron chi connectivity index (χ3n) is 3.92. The Kier molecular flexibility index (Phi) is 4.90. The van der Waals surface area contributed by atoms with Gasteiger partial charge in [-0.2, -0.15) is 0 Å². The summed E-state index contributed by atoms with van der Waals surface area (Å²) in [6.45, 7) is 2.28. The van der Waals surface area contributed by atoms with Crippen molar-refractivity contribution in [3.05, 3.63) is 16.3 Å². The van der Waals surface area contributed by atoms with Gasteiger partial charge >= 0.3 is 0 Å². The number of ether oxygens (including phenoxy) is 1. The lowest BCUT2D eigenvalue weighted by molar-refractivity contribution is 0.0876. The van der Waals surface area contributed by atoms with Gasteiger partial charge in [-0.3, -0.25) is 4.79 Å². The van der Waals surface area contributed by atoms with Crippen LogP contribution >= 0.6 is 27.3 Å². The first-order chi connectivity index (χ1) is 9.10. The van der Waals surface area contributed by atoms with Crippen LogP contribution in [0.25, 0.3) is 0 Å². The number of alkyl halides is 1. The van der Waals surface area contributed by atoms with Gasteiger partial charge in [-0.05, 0) is 43.0 Å². The fourth-order valence-electron chi connectivity index (χ4n) is 2.53. The molecule has 0 unspecified atom stereocenters. The summed E-state index contributed by atoms with van der Waals surface area (Å²) in [5, 5.41) is 5.92. The molecular formula is C14H20BrNO2S.